The number of aromatic nitrogens is 1. The molecule has 3 aromatic rings. The predicted molar refractivity (Wildman–Crippen MR) is 123 cm³/mol. The Morgan fingerprint density at radius 3 is 2.31 bits per heavy atom. The summed E-state index contributed by atoms with van der Waals surface area (Å²) < 4.78 is 60.9. The van der Waals surface area contributed by atoms with Gasteiger partial charge in [0.25, 0.3) is 0 Å². The second kappa shape index (κ2) is 9.81. The number of pyridine rings is 1. The third kappa shape index (κ3) is 5.17. The van der Waals surface area contributed by atoms with Gasteiger partial charge in [0.2, 0.25) is 10.0 Å². The Balaban J connectivity index is 1.96. The number of ether oxygens (including phenoxy) is 1. The summed E-state index contributed by atoms with van der Waals surface area (Å²) in [7, 11) is -7.86. The summed E-state index contributed by atoms with van der Waals surface area (Å²) >= 11 is 0. The van der Waals surface area contributed by atoms with Crippen LogP contribution >= 0.6 is 0 Å². The normalized spacial score (nSPS) is 13.0. The quantitative estimate of drug-likeness (QED) is 0.508. The molecule has 0 fully saturated rings. The highest BCUT2D eigenvalue weighted by Crippen LogP contribution is 2.30. The van der Waals surface area contributed by atoms with E-state index in [-0.39, 0.29) is 16.3 Å². The molecule has 1 aromatic heterocycles. The van der Waals surface area contributed by atoms with E-state index in [4.69, 9.17) is 4.74 Å². The minimum atomic E-state index is -3.98. The lowest BCUT2D eigenvalue weighted by atomic mass is 10.1. The van der Waals surface area contributed by atoms with E-state index in [9.17, 15) is 16.8 Å². The maximum Gasteiger partial charge on any atom is 0.240 e. The van der Waals surface area contributed by atoms with Crippen molar-refractivity contribution in [3.05, 3.63) is 83.7 Å². The van der Waals surface area contributed by atoms with Crippen LogP contribution in [0.25, 0.3) is 0 Å². The van der Waals surface area contributed by atoms with Gasteiger partial charge in [-0.05, 0) is 67.8 Å². The summed E-state index contributed by atoms with van der Waals surface area (Å²) in [6, 6.07) is 14.4. The van der Waals surface area contributed by atoms with Gasteiger partial charge >= 0.3 is 0 Å². The number of sulfonamides is 1. The molecule has 0 amide bonds. The zero-order chi connectivity index (χ0) is 23.4. The van der Waals surface area contributed by atoms with Gasteiger partial charge in [-0.2, -0.15) is 0 Å². The predicted octanol–water partition coefficient (Wildman–Crippen LogP) is 3.59. The molecule has 0 radical (unpaired) electrons. The van der Waals surface area contributed by atoms with Crippen molar-refractivity contribution in [2.75, 3.05) is 13.2 Å². The van der Waals surface area contributed by atoms with Crippen LogP contribution in [0.4, 0.5) is 0 Å². The van der Waals surface area contributed by atoms with Gasteiger partial charge in [0.1, 0.15) is 11.0 Å². The third-order valence-corrected chi connectivity index (χ3v) is 8.71. The number of hydrogen-bond acceptors (Lipinski definition) is 6. The minimum Gasteiger partial charge on any atom is -0.494 e. The van der Waals surface area contributed by atoms with Crippen molar-refractivity contribution in [1.82, 2.24) is 9.71 Å². The van der Waals surface area contributed by atoms with E-state index in [1.807, 2.05) is 6.92 Å². The molecular formula is C23H26N2O5S2. The Labute approximate surface area is 189 Å². The first-order valence-corrected chi connectivity index (χ1v) is 13.1. The van der Waals surface area contributed by atoms with Crippen LogP contribution in [0.5, 0.6) is 5.75 Å². The Bertz CT molecular complexity index is 1280. The van der Waals surface area contributed by atoms with Crippen LogP contribution in [0.2, 0.25) is 0 Å². The molecule has 2 aromatic carbocycles. The van der Waals surface area contributed by atoms with Gasteiger partial charge in [-0.1, -0.05) is 24.3 Å². The molecule has 0 bridgehead atoms. The van der Waals surface area contributed by atoms with E-state index < -0.39 is 25.1 Å². The number of sulfone groups is 1. The number of rotatable bonds is 9. The molecule has 1 N–H and O–H groups in total. The van der Waals surface area contributed by atoms with Crippen LogP contribution in [0, 0.1) is 13.8 Å². The van der Waals surface area contributed by atoms with Crippen LogP contribution in [0.15, 0.2) is 76.8 Å². The molecule has 0 saturated carbocycles. The molecule has 0 aliphatic carbocycles. The van der Waals surface area contributed by atoms with E-state index in [2.05, 4.69) is 9.71 Å². The Kier molecular flexibility index (Phi) is 7.33. The molecule has 9 heteroatoms. The van der Waals surface area contributed by atoms with E-state index in [0.717, 1.165) is 0 Å². The minimum absolute atomic E-state index is 0.0838. The number of aryl methyl sites for hydroxylation is 2. The summed E-state index contributed by atoms with van der Waals surface area (Å²) in [5.41, 5.74) is 1.59. The van der Waals surface area contributed by atoms with Gasteiger partial charge in [-0.25, -0.2) is 21.6 Å². The van der Waals surface area contributed by atoms with Crippen molar-refractivity contribution >= 4 is 19.9 Å². The zero-order valence-electron chi connectivity index (χ0n) is 18.1. The van der Waals surface area contributed by atoms with Gasteiger partial charge in [-0.15, -0.1) is 0 Å². The van der Waals surface area contributed by atoms with Crippen LogP contribution in [0.1, 0.15) is 28.9 Å². The lowest BCUT2D eigenvalue weighted by molar-refractivity contribution is 0.337. The van der Waals surface area contributed by atoms with Crippen molar-refractivity contribution in [3.8, 4) is 5.75 Å². The highest BCUT2D eigenvalue weighted by Gasteiger charge is 2.31. The van der Waals surface area contributed by atoms with Crippen LogP contribution < -0.4 is 9.46 Å². The highest BCUT2D eigenvalue weighted by molar-refractivity contribution is 7.92. The van der Waals surface area contributed by atoms with Crippen LogP contribution in [0.3, 0.4) is 0 Å². The van der Waals surface area contributed by atoms with Crippen molar-refractivity contribution in [2.24, 2.45) is 0 Å². The standard InChI is InChI=1S/C23H26N2O5S2/c1-4-30-21-13-18(3)22(14-17(21)2)32(28,29)25-16-23(19-9-8-12-24-15-19)31(26,27)20-10-6-5-7-11-20/h5-15,23,25H,4,16H2,1-3H3. The van der Waals surface area contributed by atoms with Crippen molar-refractivity contribution in [3.63, 3.8) is 0 Å². The molecule has 0 aliphatic heterocycles. The fourth-order valence-corrected chi connectivity index (χ4v) is 6.50. The molecular weight excluding hydrogens is 448 g/mol. The number of nitrogens with one attached hydrogen (secondary N) is 1. The van der Waals surface area contributed by atoms with E-state index >= 15 is 0 Å². The Morgan fingerprint density at radius 2 is 1.69 bits per heavy atom. The fourth-order valence-electron chi connectivity index (χ4n) is 3.37. The Hall–Kier alpha value is -2.75. The van der Waals surface area contributed by atoms with E-state index in [0.29, 0.717) is 29.0 Å². The molecule has 7 nitrogen and oxygen atoms in total. The van der Waals surface area contributed by atoms with Crippen molar-refractivity contribution in [1.29, 1.82) is 0 Å². The molecule has 170 valence electrons. The molecule has 0 aliphatic rings. The molecule has 1 atom stereocenters. The summed E-state index contributed by atoms with van der Waals surface area (Å²) in [6.07, 6.45) is 2.97. The Morgan fingerprint density at radius 1 is 0.969 bits per heavy atom. The number of hydrogen-bond donors (Lipinski definition) is 1. The van der Waals surface area contributed by atoms with E-state index in [1.54, 1.807) is 50.2 Å². The fraction of sp³-hybridized carbons (Fsp3) is 0.261. The molecule has 0 spiro atoms. The van der Waals surface area contributed by atoms with Gasteiger partial charge in [0, 0.05) is 18.9 Å². The second-order valence-corrected chi connectivity index (χ2v) is 11.2. The van der Waals surface area contributed by atoms with Gasteiger partial charge in [0.15, 0.2) is 9.84 Å². The first-order valence-electron chi connectivity index (χ1n) is 10.1. The molecule has 1 unspecified atom stereocenters. The van der Waals surface area contributed by atoms with Gasteiger partial charge in [-0.3, -0.25) is 4.98 Å². The van der Waals surface area contributed by atoms with Crippen LogP contribution in [-0.4, -0.2) is 35.0 Å². The smallest absolute Gasteiger partial charge is 0.240 e. The van der Waals surface area contributed by atoms with Gasteiger partial charge in [0.05, 0.1) is 16.4 Å². The summed E-state index contributed by atoms with van der Waals surface area (Å²) in [6.45, 7) is 5.43. The molecule has 0 saturated heterocycles. The number of benzene rings is 2. The monoisotopic (exact) mass is 474 g/mol. The zero-order valence-corrected chi connectivity index (χ0v) is 19.8. The third-order valence-electron chi connectivity index (χ3n) is 5.02. The highest BCUT2D eigenvalue weighted by atomic mass is 32.2. The first kappa shape index (κ1) is 23.9. The first-order chi connectivity index (χ1) is 15.2. The average Bonchev–Trinajstić information content (AvgIpc) is 2.77. The topological polar surface area (TPSA) is 102 Å². The van der Waals surface area contributed by atoms with Crippen LogP contribution in [-0.2, 0) is 19.9 Å². The SMILES string of the molecule is CCOc1cc(C)c(S(=O)(=O)NCC(c2cccnc2)S(=O)(=O)c2ccccc2)cc1C. The largest absolute Gasteiger partial charge is 0.494 e. The molecule has 3 rings (SSSR count). The lowest BCUT2D eigenvalue weighted by Gasteiger charge is -2.19. The molecule has 1 heterocycles. The summed E-state index contributed by atoms with van der Waals surface area (Å²) in [4.78, 5) is 4.21. The maximum absolute atomic E-state index is 13.3. The maximum atomic E-state index is 13.3. The van der Waals surface area contributed by atoms with E-state index in [1.165, 1.54) is 30.6 Å². The summed E-state index contributed by atoms with van der Waals surface area (Å²) in [5, 5.41) is -1.14. The van der Waals surface area contributed by atoms with Crippen molar-refractivity contribution < 1.29 is 21.6 Å². The summed E-state index contributed by atoms with van der Waals surface area (Å²) in [5.74, 6) is 0.615. The second-order valence-electron chi connectivity index (χ2n) is 7.30. The molecule has 32 heavy (non-hydrogen) atoms. The van der Waals surface area contributed by atoms with Crippen molar-refractivity contribution in [2.45, 2.75) is 35.8 Å². The van der Waals surface area contributed by atoms with Gasteiger partial charge < -0.3 is 4.74 Å². The average molecular weight is 475 g/mol. The number of nitrogens with zero attached hydrogens (tertiary/aromatic N) is 1. The lowest BCUT2D eigenvalue weighted by Crippen LogP contribution is -2.32.